The van der Waals surface area contributed by atoms with Gasteiger partial charge in [-0.3, -0.25) is 0 Å². The van der Waals surface area contributed by atoms with Gasteiger partial charge in [0.2, 0.25) is 5.95 Å². The molecule has 0 saturated heterocycles. The van der Waals surface area contributed by atoms with Gasteiger partial charge in [-0.05, 0) is 56.2 Å². The Kier molecular flexibility index (Phi) is 7.71. The highest BCUT2D eigenvalue weighted by Crippen LogP contribution is 2.42. The normalized spacial score (nSPS) is 11.9. The highest BCUT2D eigenvalue weighted by molar-refractivity contribution is 7.87. The lowest BCUT2D eigenvalue weighted by Crippen LogP contribution is -2.34. The second-order valence-corrected chi connectivity index (χ2v) is 10.2. The molecule has 35 heavy (non-hydrogen) atoms. The molecule has 0 atom stereocenters. The van der Waals surface area contributed by atoms with Gasteiger partial charge in [0.15, 0.2) is 5.75 Å². The average Bonchev–Trinajstić information content (AvgIpc) is 2.75. The second kappa shape index (κ2) is 10.4. The topological polar surface area (TPSA) is 166 Å². The zero-order valence-electron chi connectivity index (χ0n) is 20.2. The molecule has 11 heteroatoms. The van der Waals surface area contributed by atoms with Gasteiger partial charge in [0, 0.05) is 31.0 Å². The maximum Gasteiger partial charge on any atom is 0.312 e. The van der Waals surface area contributed by atoms with Crippen molar-refractivity contribution in [3.8, 4) is 22.6 Å². The molecule has 1 aromatic heterocycles. The zero-order valence-corrected chi connectivity index (χ0v) is 21.1. The number of ether oxygens (including phenoxy) is 2. The molecule has 3 rings (SSSR count). The van der Waals surface area contributed by atoms with Gasteiger partial charge in [0.05, 0.1) is 17.8 Å². The molecule has 6 N–H and O–H groups in total. The number of aromatic nitrogens is 2. The quantitative estimate of drug-likeness (QED) is 0.277. The van der Waals surface area contributed by atoms with Crippen LogP contribution in [0, 0.1) is 0 Å². The van der Waals surface area contributed by atoms with E-state index in [1.165, 1.54) is 13.3 Å². The van der Waals surface area contributed by atoms with Gasteiger partial charge >= 0.3 is 10.1 Å². The number of hydrogen-bond donors (Lipinski definition) is 3. The van der Waals surface area contributed by atoms with Gasteiger partial charge in [0.1, 0.15) is 17.3 Å². The van der Waals surface area contributed by atoms with Crippen LogP contribution in [-0.2, 0) is 21.3 Å². The third kappa shape index (κ3) is 6.74. The maximum atomic E-state index is 13.0. The number of anilines is 3. The lowest BCUT2D eigenvalue weighted by atomic mass is 9.98. The number of hydrogen-bond acceptors (Lipinski definition) is 10. The van der Waals surface area contributed by atoms with Crippen molar-refractivity contribution in [1.82, 2.24) is 9.97 Å². The Morgan fingerprint density at radius 2 is 1.77 bits per heavy atom. The molecule has 10 nitrogen and oxygen atoms in total. The first-order valence-corrected chi connectivity index (χ1v) is 12.5. The third-order valence-electron chi connectivity index (χ3n) is 5.21. The smallest absolute Gasteiger partial charge is 0.312 e. The summed E-state index contributed by atoms with van der Waals surface area (Å²) >= 11 is 0. The number of benzene rings is 2. The minimum atomic E-state index is -4.06. The first kappa shape index (κ1) is 26.0. The van der Waals surface area contributed by atoms with E-state index in [1.807, 2.05) is 6.92 Å². The van der Waals surface area contributed by atoms with Gasteiger partial charge in [0.25, 0.3) is 0 Å². The molecule has 0 spiro atoms. The Hall–Kier alpha value is -3.57. The summed E-state index contributed by atoms with van der Waals surface area (Å²) in [4.78, 5) is 7.99. The Labute approximate surface area is 205 Å². The van der Waals surface area contributed by atoms with Crippen LogP contribution in [0.5, 0.6) is 11.5 Å². The number of nitrogens with two attached hydrogens (primary N) is 3. The molecule has 3 aromatic rings. The van der Waals surface area contributed by atoms with Crippen molar-refractivity contribution >= 4 is 27.6 Å². The summed E-state index contributed by atoms with van der Waals surface area (Å²) < 4.78 is 42.9. The molecule has 0 radical (unpaired) electrons. The molecule has 188 valence electrons. The number of nitrogen functional groups attached to an aromatic ring is 3. The molecular formula is C24H31N5O5S. The largest absolute Gasteiger partial charge is 0.493 e. The number of methoxy groups -OCH3 is 1. The average molecular weight is 502 g/mol. The number of nitrogens with zero attached hydrogens (tertiary/aromatic N) is 2. The van der Waals surface area contributed by atoms with Gasteiger partial charge in [-0.15, -0.1) is 0 Å². The highest BCUT2D eigenvalue weighted by Gasteiger charge is 2.29. The van der Waals surface area contributed by atoms with Crippen molar-refractivity contribution in [1.29, 1.82) is 0 Å². The molecule has 0 unspecified atom stereocenters. The third-order valence-corrected chi connectivity index (χ3v) is 6.69. The van der Waals surface area contributed by atoms with E-state index in [-0.39, 0.29) is 23.3 Å². The van der Waals surface area contributed by atoms with Crippen LogP contribution >= 0.6 is 0 Å². The van der Waals surface area contributed by atoms with Crippen molar-refractivity contribution in [3.63, 3.8) is 0 Å². The zero-order chi connectivity index (χ0) is 25.8. The Morgan fingerprint density at radius 3 is 2.40 bits per heavy atom. The second-order valence-electron chi connectivity index (χ2n) is 8.59. The summed E-state index contributed by atoms with van der Waals surface area (Å²) in [7, 11) is -2.61. The van der Waals surface area contributed by atoms with Gasteiger partial charge in [-0.1, -0.05) is 12.1 Å². The Bertz CT molecular complexity index is 1310. The van der Waals surface area contributed by atoms with E-state index in [0.717, 1.165) is 0 Å². The molecule has 2 aromatic carbocycles. The van der Waals surface area contributed by atoms with Crippen LogP contribution in [0.2, 0.25) is 0 Å². The standard InChI is InChI=1S/C24H31N5O5S/c1-5-33-19-10-15(9-17-13-28-23(27)29-22(17)26)11-20(21(19)16-7-6-8-18(25)12-16)34-35(30,31)14-24(2,3)32-4/h6-8,10-13H,5,9,14,25H2,1-4H3,(H4,26,27,28,29). The van der Waals surface area contributed by atoms with Crippen molar-refractivity contribution in [2.75, 3.05) is 36.7 Å². The van der Waals surface area contributed by atoms with Crippen LogP contribution in [0.1, 0.15) is 31.9 Å². The fraction of sp³-hybridized carbons (Fsp3) is 0.333. The van der Waals surface area contributed by atoms with E-state index in [2.05, 4.69) is 9.97 Å². The first-order valence-electron chi connectivity index (χ1n) is 10.9. The van der Waals surface area contributed by atoms with Gasteiger partial charge in [-0.2, -0.15) is 13.4 Å². The Balaban J connectivity index is 2.17. The first-order chi connectivity index (χ1) is 16.4. The molecule has 0 aliphatic carbocycles. The molecular weight excluding hydrogens is 470 g/mol. The van der Waals surface area contributed by atoms with Crippen LogP contribution in [0.25, 0.3) is 11.1 Å². The summed E-state index contributed by atoms with van der Waals surface area (Å²) in [6.45, 7) is 5.51. The fourth-order valence-electron chi connectivity index (χ4n) is 3.50. The monoisotopic (exact) mass is 501 g/mol. The van der Waals surface area contributed by atoms with E-state index in [4.69, 9.17) is 30.9 Å². The van der Waals surface area contributed by atoms with Crippen molar-refractivity contribution in [2.24, 2.45) is 0 Å². The highest BCUT2D eigenvalue weighted by atomic mass is 32.2. The van der Waals surface area contributed by atoms with Crippen LogP contribution in [-0.4, -0.2) is 43.5 Å². The van der Waals surface area contributed by atoms with E-state index >= 15 is 0 Å². The SMILES string of the molecule is CCOc1cc(Cc2cnc(N)nc2N)cc(OS(=O)(=O)CC(C)(C)OC)c1-c1cccc(N)c1. The van der Waals surface area contributed by atoms with Gasteiger partial charge in [-0.25, -0.2) is 4.98 Å². The number of rotatable bonds is 10. The minimum absolute atomic E-state index is 0.0640. The predicted molar refractivity (Wildman–Crippen MR) is 137 cm³/mol. The molecule has 1 heterocycles. The van der Waals surface area contributed by atoms with E-state index in [1.54, 1.807) is 50.2 Å². The van der Waals surface area contributed by atoms with E-state index in [0.29, 0.717) is 46.7 Å². The molecule has 0 bridgehead atoms. The Morgan fingerprint density at radius 1 is 1.06 bits per heavy atom. The fourth-order valence-corrected chi connectivity index (χ4v) is 4.93. The minimum Gasteiger partial charge on any atom is -0.493 e. The van der Waals surface area contributed by atoms with Crippen LogP contribution in [0.3, 0.4) is 0 Å². The van der Waals surface area contributed by atoms with Crippen molar-refractivity contribution in [2.45, 2.75) is 32.8 Å². The summed E-state index contributed by atoms with van der Waals surface area (Å²) in [6, 6.07) is 10.5. The van der Waals surface area contributed by atoms with Crippen molar-refractivity contribution in [3.05, 3.63) is 53.7 Å². The van der Waals surface area contributed by atoms with E-state index < -0.39 is 15.7 Å². The predicted octanol–water partition coefficient (Wildman–Crippen LogP) is 3.01. The lowest BCUT2D eigenvalue weighted by Gasteiger charge is -2.23. The summed E-state index contributed by atoms with van der Waals surface area (Å²) in [5.74, 6) is 0.460. The van der Waals surface area contributed by atoms with Crippen LogP contribution in [0.15, 0.2) is 42.6 Å². The lowest BCUT2D eigenvalue weighted by molar-refractivity contribution is 0.0415. The summed E-state index contributed by atoms with van der Waals surface area (Å²) in [6.07, 6.45) is 1.82. The molecule has 0 fully saturated rings. The maximum absolute atomic E-state index is 13.0. The van der Waals surface area contributed by atoms with Crippen LogP contribution < -0.4 is 26.1 Å². The summed E-state index contributed by atoms with van der Waals surface area (Å²) in [5.41, 5.74) is 19.6. The van der Waals surface area contributed by atoms with E-state index in [9.17, 15) is 8.42 Å². The van der Waals surface area contributed by atoms with Crippen LogP contribution in [0.4, 0.5) is 17.5 Å². The summed E-state index contributed by atoms with van der Waals surface area (Å²) in [5, 5.41) is 0. The molecule has 0 amide bonds. The molecule has 0 saturated carbocycles. The van der Waals surface area contributed by atoms with Gasteiger partial charge < -0.3 is 30.9 Å². The molecule has 0 aliphatic rings. The molecule has 0 aliphatic heterocycles. The van der Waals surface area contributed by atoms with Crippen molar-refractivity contribution < 1.29 is 22.1 Å².